The third kappa shape index (κ3) is 5.39. The van der Waals surface area contributed by atoms with Crippen LogP contribution in [-0.4, -0.2) is 54.0 Å². The number of aliphatic hydroxyl groups is 1. The second kappa shape index (κ2) is 7.50. The number of halogens is 4. The number of aromatic nitrogens is 2. The van der Waals surface area contributed by atoms with Crippen molar-refractivity contribution in [3.05, 3.63) is 11.7 Å². The standard InChI is InChI=1S/C10H14F4N2O4/c1-18-3-6(17)2-8-15-7(16-20-8)4-19-5-10(13,14)9(11)12/h6,9,17H,2-5H2,1H3. The van der Waals surface area contributed by atoms with Crippen molar-refractivity contribution >= 4 is 0 Å². The highest BCUT2D eigenvalue weighted by molar-refractivity contribution is 4.86. The summed E-state index contributed by atoms with van der Waals surface area (Å²) in [6, 6.07) is 0. The number of nitrogens with zero attached hydrogens (tertiary/aromatic N) is 2. The number of rotatable bonds is 9. The first kappa shape index (κ1) is 16.8. The minimum Gasteiger partial charge on any atom is -0.390 e. The highest BCUT2D eigenvalue weighted by Crippen LogP contribution is 2.23. The van der Waals surface area contributed by atoms with Gasteiger partial charge >= 0.3 is 12.3 Å². The highest BCUT2D eigenvalue weighted by Gasteiger charge is 2.41. The topological polar surface area (TPSA) is 77.6 Å². The van der Waals surface area contributed by atoms with Crippen LogP contribution in [0.4, 0.5) is 17.6 Å². The van der Waals surface area contributed by atoms with E-state index in [2.05, 4.69) is 19.6 Å². The summed E-state index contributed by atoms with van der Waals surface area (Å²) in [5.41, 5.74) is 0. The third-order valence-corrected chi connectivity index (χ3v) is 2.12. The summed E-state index contributed by atoms with van der Waals surface area (Å²) in [6.45, 7) is -1.87. The van der Waals surface area contributed by atoms with Gasteiger partial charge in [-0.05, 0) is 0 Å². The van der Waals surface area contributed by atoms with Crippen molar-refractivity contribution in [3.8, 4) is 0 Å². The second-order valence-corrected chi connectivity index (χ2v) is 3.97. The molecule has 0 radical (unpaired) electrons. The number of methoxy groups -OCH3 is 1. The zero-order valence-corrected chi connectivity index (χ0v) is 10.6. The largest absolute Gasteiger partial charge is 0.390 e. The van der Waals surface area contributed by atoms with Crippen LogP contribution in [0.3, 0.4) is 0 Å². The van der Waals surface area contributed by atoms with Crippen molar-refractivity contribution in [3.63, 3.8) is 0 Å². The lowest BCUT2D eigenvalue weighted by molar-refractivity contribution is -0.168. The van der Waals surface area contributed by atoms with Gasteiger partial charge in [0.25, 0.3) is 0 Å². The first-order valence-corrected chi connectivity index (χ1v) is 5.57. The Morgan fingerprint density at radius 2 is 2.10 bits per heavy atom. The molecule has 1 aromatic heterocycles. The zero-order chi connectivity index (χ0) is 15.2. The molecule has 0 saturated heterocycles. The minimum atomic E-state index is -4.22. The van der Waals surface area contributed by atoms with Gasteiger partial charge in [0.2, 0.25) is 5.89 Å². The molecule has 0 spiro atoms. The fraction of sp³-hybridized carbons (Fsp3) is 0.800. The normalized spacial score (nSPS) is 13.9. The van der Waals surface area contributed by atoms with E-state index in [0.717, 1.165) is 0 Å². The SMILES string of the molecule is COCC(O)Cc1nc(COCC(F)(F)C(F)F)no1. The van der Waals surface area contributed by atoms with Crippen LogP contribution in [0.25, 0.3) is 0 Å². The van der Waals surface area contributed by atoms with Crippen molar-refractivity contribution in [1.29, 1.82) is 0 Å². The van der Waals surface area contributed by atoms with Gasteiger partial charge in [0.1, 0.15) is 13.2 Å². The van der Waals surface area contributed by atoms with Crippen molar-refractivity contribution < 1.29 is 36.7 Å². The van der Waals surface area contributed by atoms with E-state index >= 15 is 0 Å². The van der Waals surface area contributed by atoms with Gasteiger partial charge in [0.05, 0.1) is 19.1 Å². The number of hydrogen-bond acceptors (Lipinski definition) is 6. The molecule has 116 valence electrons. The van der Waals surface area contributed by atoms with Crippen LogP contribution in [0.15, 0.2) is 4.52 Å². The molecule has 0 aliphatic rings. The predicted octanol–water partition coefficient (Wildman–Crippen LogP) is 1.04. The molecule has 6 nitrogen and oxygen atoms in total. The Morgan fingerprint density at radius 3 is 2.70 bits per heavy atom. The molecule has 1 unspecified atom stereocenters. The van der Waals surface area contributed by atoms with Crippen LogP contribution in [0.5, 0.6) is 0 Å². The van der Waals surface area contributed by atoms with Gasteiger partial charge in [-0.15, -0.1) is 0 Å². The number of ether oxygens (including phenoxy) is 2. The summed E-state index contributed by atoms with van der Waals surface area (Å²) in [5, 5.41) is 12.8. The minimum absolute atomic E-state index is 0.0219. The molecule has 1 heterocycles. The molecule has 0 bridgehead atoms. The molecule has 0 aromatic carbocycles. The molecule has 0 aliphatic carbocycles. The number of hydrogen-bond donors (Lipinski definition) is 1. The summed E-state index contributed by atoms with van der Waals surface area (Å²) < 4.78 is 62.5. The fourth-order valence-corrected chi connectivity index (χ4v) is 1.23. The maximum atomic E-state index is 12.5. The summed E-state index contributed by atoms with van der Waals surface area (Å²) in [4.78, 5) is 3.75. The summed E-state index contributed by atoms with van der Waals surface area (Å²) in [5.74, 6) is -4.23. The molecule has 1 rings (SSSR count). The van der Waals surface area contributed by atoms with Crippen LogP contribution < -0.4 is 0 Å². The molecule has 0 aliphatic heterocycles. The predicted molar refractivity (Wildman–Crippen MR) is 56.5 cm³/mol. The third-order valence-electron chi connectivity index (χ3n) is 2.12. The van der Waals surface area contributed by atoms with E-state index in [4.69, 9.17) is 4.52 Å². The van der Waals surface area contributed by atoms with E-state index in [-0.39, 0.29) is 24.7 Å². The van der Waals surface area contributed by atoms with Gasteiger partial charge in [-0.2, -0.15) is 13.8 Å². The van der Waals surface area contributed by atoms with Crippen LogP contribution in [0.2, 0.25) is 0 Å². The van der Waals surface area contributed by atoms with Crippen molar-refractivity contribution in [2.24, 2.45) is 0 Å². The van der Waals surface area contributed by atoms with Crippen molar-refractivity contribution in [1.82, 2.24) is 10.1 Å². The summed E-state index contributed by atoms with van der Waals surface area (Å²) >= 11 is 0. The molecular formula is C10H14F4N2O4. The Hall–Kier alpha value is -1.26. The van der Waals surface area contributed by atoms with Gasteiger partial charge in [-0.3, -0.25) is 0 Å². The van der Waals surface area contributed by atoms with Crippen molar-refractivity contribution in [2.75, 3.05) is 20.3 Å². The zero-order valence-electron chi connectivity index (χ0n) is 10.6. The van der Waals surface area contributed by atoms with Gasteiger partial charge in [0, 0.05) is 7.11 Å². The van der Waals surface area contributed by atoms with E-state index in [9.17, 15) is 22.7 Å². The number of alkyl halides is 4. The van der Waals surface area contributed by atoms with E-state index in [0.29, 0.717) is 0 Å². The smallest absolute Gasteiger partial charge is 0.330 e. The lowest BCUT2D eigenvalue weighted by Gasteiger charge is -2.14. The second-order valence-electron chi connectivity index (χ2n) is 3.97. The van der Waals surface area contributed by atoms with E-state index in [1.807, 2.05) is 0 Å². The van der Waals surface area contributed by atoms with Crippen LogP contribution in [-0.2, 0) is 22.5 Å². The van der Waals surface area contributed by atoms with Crippen LogP contribution >= 0.6 is 0 Å². The number of aliphatic hydroxyl groups excluding tert-OH is 1. The Balaban J connectivity index is 2.37. The van der Waals surface area contributed by atoms with Gasteiger partial charge in [-0.25, -0.2) is 8.78 Å². The Kier molecular flexibility index (Phi) is 6.30. The summed E-state index contributed by atoms with van der Waals surface area (Å²) in [6.07, 6.45) is -4.63. The van der Waals surface area contributed by atoms with Crippen LogP contribution in [0, 0.1) is 0 Å². The van der Waals surface area contributed by atoms with Gasteiger partial charge < -0.3 is 19.1 Å². The van der Waals surface area contributed by atoms with Crippen molar-refractivity contribution in [2.45, 2.75) is 31.5 Å². The molecule has 20 heavy (non-hydrogen) atoms. The lowest BCUT2D eigenvalue weighted by Crippen LogP contribution is -2.32. The molecule has 1 atom stereocenters. The fourth-order valence-electron chi connectivity index (χ4n) is 1.23. The average molecular weight is 302 g/mol. The maximum absolute atomic E-state index is 12.5. The van der Waals surface area contributed by atoms with Crippen LogP contribution in [0.1, 0.15) is 11.7 Å². The van der Waals surface area contributed by atoms with E-state index < -0.39 is 31.7 Å². The first-order chi connectivity index (χ1) is 9.35. The lowest BCUT2D eigenvalue weighted by atomic mass is 10.3. The molecule has 0 amide bonds. The summed E-state index contributed by atoms with van der Waals surface area (Å²) in [7, 11) is 1.40. The molecule has 10 heteroatoms. The van der Waals surface area contributed by atoms with Gasteiger partial charge in [-0.1, -0.05) is 5.16 Å². The molecular weight excluding hydrogens is 288 g/mol. The first-order valence-electron chi connectivity index (χ1n) is 5.57. The quantitative estimate of drug-likeness (QED) is 0.687. The van der Waals surface area contributed by atoms with Gasteiger partial charge in [0.15, 0.2) is 5.82 Å². The average Bonchev–Trinajstić information content (AvgIpc) is 2.76. The Labute approximate surface area is 111 Å². The highest BCUT2D eigenvalue weighted by atomic mass is 19.3. The molecule has 1 N–H and O–H groups in total. The molecule has 0 fully saturated rings. The Morgan fingerprint density at radius 1 is 1.40 bits per heavy atom. The maximum Gasteiger partial charge on any atom is 0.330 e. The molecule has 1 aromatic rings. The van der Waals surface area contributed by atoms with E-state index in [1.54, 1.807) is 0 Å². The molecule has 0 saturated carbocycles. The van der Waals surface area contributed by atoms with E-state index in [1.165, 1.54) is 7.11 Å². The monoisotopic (exact) mass is 302 g/mol. The Bertz CT molecular complexity index is 402.